The molecule has 0 saturated carbocycles. The minimum absolute atomic E-state index is 0.129. The highest BCUT2D eigenvalue weighted by Gasteiger charge is 2.25. The summed E-state index contributed by atoms with van der Waals surface area (Å²) in [6, 6.07) is 2.42. The number of aromatic carboxylic acids is 1. The van der Waals surface area contributed by atoms with E-state index in [0.29, 0.717) is 24.1 Å². The molecule has 0 fully saturated rings. The van der Waals surface area contributed by atoms with Crippen molar-refractivity contribution in [3.8, 4) is 0 Å². The summed E-state index contributed by atoms with van der Waals surface area (Å²) in [4.78, 5) is 23.7. The Morgan fingerprint density at radius 1 is 1.35 bits per heavy atom. The van der Waals surface area contributed by atoms with Crippen molar-refractivity contribution < 1.29 is 19.1 Å². The normalized spacial score (nSPS) is 14.4. The van der Waals surface area contributed by atoms with Crippen molar-refractivity contribution in [1.29, 1.82) is 0 Å². The molecule has 2 rings (SSSR count). The number of hydrogen-bond acceptors (Lipinski definition) is 2. The molecule has 0 spiro atoms. The van der Waals surface area contributed by atoms with Gasteiger partial charge in [0.1, 0.15) is 5.82 Å². The zero-order valence-corrected chi connectivity index (χ0v) is 9.36. The molecule has 0 saturated heterocycles. The fraction of sp³-hybridized carbons (Fsp3) is 0.333. The average molecular weight is 237 g/mol. The minimum atomic E-state index is -1.06. The Balaban J connectivity index is 2.47. The largest absolute Gasteiger partial charge is 0.478 e. The summed E-state index contributed by atoms with van der Waals surface area (Å²) in [5.74, 6) is -1.63. The van der Waals surface area contributed by atoms with Gasteiger partial charge in [-0.15, -0.1) is 0 Å². The summed E-state index contributed by atoms with van der Waals surface area (Å²) >= 11 is 0. The van der Waals surface area contributed by atoms with E-state index >= 15 is 0 Å². The maximum absolute atomic E-state index is 13.6. The van der Waals surface area contributed by atoms with E-state index in [-0.39, 0.29) is 18.0 Å². The third-order valence-corrected chi connectivity index (χ3v) is 3.03. The molecule has 17 heavy (non-hydrogen) atoms. The molecule has 0 aliphatic carbocycles. The van der Waals surface area contributed by atoms with E-state index in [1.165, 1.54) is 17.9 Å². The number of hydrogen-bond donors (Lipinski definition) is 1. The zero-order chi connectivity index (χ0) is 12.6. The number of carboxylic acids is 1. The number of carboxylic acid groups (broad SMARTS) is 1. The molecule has 90 valence electrons. The molecule has 4 nitrogen and oxygen atoms in total. The summed E-state index contributed by atoms with van der Waals surface area (Å²) in [6.45, 7) is 2.01. The van der Waals surface area contributed by atoms with Gasteiger partial charge >= 0.3 is 5.97 Å². The molecule has 1 N–H and O–H groups in total. The van der Waals surface area contributed by atoms with Crippen molar-refractivity contribution in [3.63, 3.8) is 0 Å². The predicted octanol–water partition coefficient (Wildman–Crippen LogP) is 1.43. The molecule has 0 bridgehead atoms. The van der Waals surface area contributed by atoms with E-state index in [2.05, 4.69) is 0 Å². The van der Waals surface area contributed by atoms with Gasteiger partial charge in [-0.2, -0.15) is 0 Å². The second-order valence-corrected chi connectivity index (χ2v) is 4.05. The number of carbonyl (C=O) groups is 2. The van der Waals surface area contributed by atoms with Crippen LogP contribution in [0.5, 0.6) is 0 Å². The molecule has 5 heteroatoms. The first-order valence-corrected chi connectivity index (χ1v) is 5.29. The van der Waals surface area contributed by atoms with Crippen LogP contribution in [0, 0.1) is 5.82 Å². The lowest BCUT2D eigenvalue weighted by atomic mass is 9.94. The van der Waals surface area contributed by atoms with E-state index in [4.69, 9.17) is 5.11 Å². The highest BCUT2D eigenvalue weighted by molar-refractivity contribution is 5.90. The summed E-state index contributed by atoms with van der Waals surface area (Å²) in [7, 11) is 0. The first kappa shape index (κ1) is 11.6. The van der Waals surface area contributed by atoms with Crippen molar-refractivity contribution in [3.05, 3.63) is 34.6 Å². The summed E-state index contributed by atoms with van der Waals surface area (Å²) in [5.41, 5.74) is 0.964. The molecular formula is C12H12FNO3. The van der Waals surface area contributed by atoms with Crippen LogP contribution < -0.4 is 0 Å². The Hall–Kier alpha value is -1.91. The molecular weight excluding hydrogens is 225 g/mol. The van der Waals surface area contributed by atoms with Crippen LogP contribution in [0.3, 0.4) is 0 Å². The van der Waals surface area contributed by atoms with Crippen molar-refractivity contribution in [2.45, 2.75) is 19.9 Å². The smallest absolute Gasteiger partial charge is 0.335 e. The fourth-order valence-corrected chi connectivity index (χ4v) is 2.11. The number of fused-ring (bicyclic) bond motifs is 1. The molecule has 1 aromatic rings. The van der Waals surface area contributed by atoms with Gasteiger partial charge in [-0.3, -0.25) is 4.79 Å². The van der Waals surface area contributed by atoms with Crippen molar-refractivity contribution in [1.82, 2.24) is 4.90 Å². The minimum Gasteiger partial charge on any atom is -0.478 e. The van der Waals surface area contributed by atoms with Crippen LogP contribution in [0.15, 0.2) is 12.1 Å². The van der Waals surface area contributed by atoms with Gasteiger partial charge in [0.25, 0.3) is 0 Å². The summed E-state index contributed by atoms with van der Waals surface area (Å²) in [5, 5.41) is 9.00. The van der Waals surface area contributed by atoms with Gasteiger partial charge in [0.15, 0.2) is 0 Å². The van der Waals surface area contributed by atoms with Crippen LogP contribution in [-0.4, -0.2) is 28.4 Å². The molecule has 0 aromatic heterocycles. The zero-order valence-electron chi connectivity index (χ0n) is 9.36. The van der Waals surface area contributed by atoms with Gasteiger partial charge in [0, 0.05) is 25.6 Å². The molecule has 1 amide bonds. The molecule has 1 heterocycles. The lowest BCUT2D eigenvalue weighted by Gasteiger charge is -2.29. The number of halogens is 1. The molecule has 1 aliphatic rings. The quantitative estimate of drug-likeness (QED) is 0.803. The van der Waals surface area contributed by atoms with Crippen LogP contribution >= 0.6 is 0 Å². The van der Waals surface area contributed by atoms with Gasteiger partial charge in [0.2, 0.25) is 5.91 Å². The van der Waals surface area contributed by atoms with Crippen LogP contribution in [0.25, 0.3) is 0 Å². The first-order valence-electron chi connectivity index (χ1n) is 5.29. The number of nitrogens with zero attached hydrogens (tertiary/aromatic N) is 1. The Bertz CT molecular complexity index is 499. The number of amides is 1. The Morgan fingerprint density at radius 3 is 2.65 bits per heavy atom. The molecule has 0 unspecified atom stereocenters. The first-order chi connectivity index (χ1) is 8.00. The van der Waals surface area contributed by atoms with Crippen LogP contribution in [-0.2, 0) is 17.8 Å². The highest BCUT2D eigenvalue weighted by Crippen LogP contribution is 2.25. The van der Waals surface area contributed by atoms with Crippen molar-refractivity contribution in [2.24, 2.45) is 0 Å². The topological polar surface area (TPSA) is 57.6 Å². The lowest BCUT2D eigenvalue weighted by molar-refractivity contribution is -0.129. The van der Waals surface area contributed by atoms with Gasteiger partial charge < -0.3 is 10.0 Å². The van der Waals surface area contributed by atoms with Crippen LogP contribution in [0.2, 0.25) is 0 Å². The van der Waals surface area contributed by atoms with Crippen LogP contribution in [0.4, 0.5) is 4.39 Å². The third-order valence-electron chi connectivity index (χ3n) is 3.03. The van der Waals surface area contributed by atoms with Gasteiger partial charge in [0.05, 0.1) is 5.56 Å². The second kappa shape index (κ2) is 4.16. The highest BCUT2D eigenvalue weighted by atomic mass is 19.1. The molecule has 0 atom stereocenters. The van der Waals surface area contributed by atoms with E-state index < -0.39 is 11.8 Å². The van der Waals surface area contributed by atoms with Crippen molar-refractivity contribution in [2.75, 3.05) is 6.54 Å². The van der Waals surface area contributed by atoms with E-state index in [0.717, 1.165) is 6.07 Å². The van der Waals surface area contributed by atoms with E-state index in [1.54, 1.807) is 0 Å². The monoisotopic (exact) mass is 237 g/mol. The number of rotatable bonds is 1. The Labute approximate surface area is 97.7 Å². The molecule has 1 aromatic carbocycles. The van der Waals surface area contributed by atoms with Gasteiger partial charge in [-0.05, 0) is 24.1 Å². The fourth-order valence-electron chi connectivity index (χ4n) is 2.11. The van der Waals surface area contributed by atoms with Crippen molar-refractivity contribution >= 4 is 11.9 Å². The average Bonchev–Trinajstić information content (AvgIpc) is 2.28. The third kappa shape index (κ3) is 2.00. The number of carbonyl (C=O) groups excluding carboxylic acids is 1. The predicted molar refractivity (Wildman–Crippen MR) is 58.2 cm³/mol. The van der Waals surface area contributed by atoms with E-state index in [1.807, 2.05) is 0 Å². The maximum Gasteiger partial charge on any atom is 0.335 e. The summed E-state index contributed by atoms with van der Waals surface area (Å²) < 4.78 is 13.6. The maximum atomic E-state index is 13.6. The standard InChI is InChI=1S/C12H12FNO3/c1-7(15)14-5-4-8-9(12(16)17)2-3-11(13)10(8)6-14/h2-3H,4-6H2,1H3,(H,16,17). The Morgan fingerprint density at radius 2 is 2.06 bits per heavy atom. The molecule has 1 aliphatic heterocycles. The van der Waals surface area contributed by atoms with Crippen LogP contribution in [0.1, 0.15) is 28.4 Å². The molecule has 0 radical (unpaired) electrons. The lowest BCUT2D eigenvalue weighted by Crippen LogP contribution is -2.35. The van der Waals surface area contributed by atoms with Gasteiger partial charge in [-0.25, -0.2) is 9.18 Å². The second-order valence-electron chi connectivity index (χ2n) is 4.05. The van der Waals surface area contributed by atoms with E-state index in [9.17, 15) is 14.0 Å². The Kier molecular flexibility index (Phi) is 2.83. The SMILES string of the molecule is CC(=O)N1CCc2c(C(=O)O)ccc(F)c2C1. The summed E-state index contributed by atoms with van der Waals surface area (Å²) in [6.07, 6.45) is 0.383. The number of benzene rings is 1. The van der Waals surface area contributed by atoms with Gasteiger partial charge in [-0.1, -0.05) is 0 Å².